The summed E-state index contributed by atoms with van der Waals surface area (Å²) in [7, 11) is 0. The van der Waals surface area contributed by atoms with Gasteiger partial charge in [0, 0.05) is 19.0 Å². The molecule has 1 aromatic heterocycles. The van der Waals surface area contributed by atoms with E-state index in [0.717, 1.165) is 12.1 Å². The van der Waals surface area contributed by atoms with Gasteiger partial charge in [-0.3, -0.25) is 9.36 Å². The predicted molar refractivity (Wildman–Crippen MR) is 66.8 cm³/mol. The Hall–Kier alpha value is -1.16. The van der Waals surface area contributed by atoms with Crippen LogP contribution in [0.3, 0.4) is 0 Å². The Morgan fingerprint density at radius 2 is 2.18 bits per heavy atom. The zero-order valence-corrected chi connectivity index (χ0v) is 10.3. The normalized spacial score (nSPS) is 17.2. The molecule has 0 unspecified atom stereocenters. The number of rotatable bonds is 4. The molecule has 1 saturated carbocycles. The number of hydrogen-bond donors (Lipinski definition) is 1. The summed E-state index contributed by atoms with van der Waals surface area (Å²) in [4.78, 5) is 16.2. The van der Waals surface area contributed by atoms with E-state index >= 15 is 0 Å². The van der Waals surface area contributed by atoms with Crippen molar-refractivity contribution >= 4 is 5.91 Å². The molecule has 1 aliphatic carbocycles. The summed E-state index contributed by atoms with van der Waals surface area (Å²) >= 11 is 0. The van der Waals surface area contributed by atoms with Crippen molar-refractivity contribution in [3.8, 4) is 0 Å². The highest BCUT2D eigenvalue weighted by Crippen LogP contribution is 2.26. The van der Waals surface area contributed by atoms with Gasteiger partial charge in [-0.1, -0.05) is 19.3 Å². The third-order valence-electron chi connectivity index (χ3n) is 3.51. The van der Waals surface area contributed by atoms with Crippen LogP contribution >= 0.6 is 0 Å². The standard InChI is InChI=1S/C13H21N3O/c14-7-6-12-9-16(10-15-12)13(17)8-11-4-2-1-3-5-11/h9-11H,1-8,14H2. The minimum absolute atomic E-state index is 0.174. The highest BCUT2D eigenvalue weighted by atomic mass is 16.2. The van der Waals surface area contributed by atoms with Crippen molar-refractivity contribution in [1.29, 1.82) is 0 Å². The van der Waals surface area contributed by atoms with Gasteiger partial charge in [-0.25, -0.2) is 4.98 Å². The average Bonchev–Trinajstić information content (AvgIpc) is 2.79. The van der Waals surface area contributed by atoms with E-state index in [1.165, 1.54) is 32.1 Å². The molecule has 17 heavy (non-hydrogen) atoms. The first-order valence-corrected chi connectivity index (χ1v) is 6.55. The first kappa shape index (κ1) is 12.3. The fraction of sp³-hybridized carbons (Fsp3) is 0.692. The minimum atomic E-state index is 0.174. The van der Waals surface area contributed by atoms with Gasteiger partial charge in [0.1, 0.15) is 6.33 Å². The van der Waals surface area contributed by atoms with Gasteiger partial charge in [-0.15, -0.1) is 0 Å². The molecule has 0 aliphatic heterocycles. The Morgan fingerprint density at radius 3 is 2.88 bits per heavy atom. The molecule has 0 saturated heterocycles. The van der Waals surface area contributed by atoms with E-state index < -0.39 is 0 Å². The summed E-state index contributed by atoms with van der Waals surface area (Å²) in [6, 6.07) is 0. The lowest BCUT2D eigenvalue weighted by molar-refractivity contribution is 0.0868. The Labute approximate surface area is 102 Å². The van der Waals surface area contributed by atoms with Crippen molar-refractivity contribution in [3.05, 3.63) is 18.2 Å². The van der Waals surface area contributed by atoms with Crippen LogP contribution in [-0.2, 0) is 6.42 Å². The summed E-state index contributed by atoms with van der Waals surface area (Å²) in [5.41, 5.74) is 6.37. The summed E-state index contributed by atoms with van der Waals surface area (Å²) in [6.45, 7) is 0.577. The molecule has 2 rings (SSSR count). The van der Waals surface area contributed by atoms with Crippen LogP contribution < -0.4 is 5.73 Å². The van der Waals surface area contributed by atoms with Crippen LogP contribution in [0.1, 0.15) is 49.0 Å². The van der Waals surface area contributed by atoms with Gasteiger partial charge in [-0.05, 0) is 25.3 Å². The van der Waals surface area contributed by atoms with E-state index in [4.69, 9.17) is 5.73 Å². The zero-order valence-electron chi connectivity index (χ0n) is 10.3. The number of aromatic nitrogens is 2. The number of nitrogens with zero attached hydrogens (tertiary/aromatic N) is 2. The van der Waals surface area contributed by atoms with E-state index in [1.54, 1.807) is 10.9 Å². The molecular weight excluding hydrogens is 214 g/mol. The molecule has 1 aromatic rings. The number of hydrogen-bond acceptors (Lipinski definition) is 3. The summed E-state index contributed by atoms with van der Waals surface area (Å²) in [5.74, 6) is 0.754. The molecule has 2 N–H and O–H groups in total. The molecule has 4 nitrogen and oxygen atoms in total. The number of carbonyl (C=O) groups excluding carboxylic acids is 1. The predicted octanol–water partition coefficient (Wildman–Crippen LogP) is 1.99. The third-order valence-corrected chi connectivity index (χ3v) is 3.51. The number of carbonyl (C=O) groups is 1. The molecule has 0 atom stereocenters. The molecule has 0 bridgehead atoms. The van der Waals surface area contributed by atoms with Crippen LogP contribution in [0.4, 0.5) is 0 Å². The highest BCUT2D eigenvalue weighted by molar-refractivity contribution is 5.78. The molecule has 94 valence electrons. The van der Waals surface area contributed by atoms with Gasteiger partial charge in [0.15, 0.2) is 0 Å². The Kier molecular flexibility index (Phi) is 4.31. The lowest BCUT2D eigenvalue weighted by atomic mass is 9.87. The SMILES string of the molecule is NCCc1cn(C(=O)CC2CCCCC2)cn1. The average molecular weight is 235 g/mol. The first-order chi connectivity index (χ1) is 8.29. The van der Waals surface area contributed by atoms with Gasteiger partial charge < -0.3 is 5.73 Å². The van der Waals surface area contributed by atoms with Crippen LogP contribution in [0.5, 0.6) is 0 Å². The molecule has 4 heteroatoms. The third kappa shape index (κ3) is 3.40. The topological polar surface area (TPSA) is 60.9 Å². The van der Waals surface area contributed by atoms with E-state index in [9.17, 15) is 4.79 Å². The van der Waals surface area contributed by atoms with E-state index in [1.807, 2.05) is 6.20 Å². The van der Waals surface area contributed by atoms with Crippen LogP contribution in [0.25, 0.3) is 0 Å². The van der Waals surface area contributed by atoms with Crippen molar-refractivity contribution in [2.45, 2.75) is 44.9 Å². The monoisotopic (exact) mass is 235 g/mol. The maximum Gasteiger partial charge on any atom is 0.232 e. The molecule has 1 fully saturated rings. The summed E-state index contributed by atoms with van der Waals surface area (Å²) < 4.78 is 1.62. The molecule has 0 spiro atoms. The zero-order chi connectivity index (χ0) is 12.1. The molecule has 0 amide bonds. The second-order valence-electron chi connectivity index (χ2n) is 4.91. The molecule has 0 radical (unpaired) electrons. The fourth-order valence-corrected chi connectivity index (χ4v) is 2.52. The Morgan fingerprint density at radius 1 is 1.41 bits per heavy atom. The minimum Gasteiger partial charge on any atom is -0.330 e. The summed E-state index contributed by atoms with van der Waals surface area (Å²) in [5, 5.41) is 0. The van der Waals surface area contributed by atoms with Gasteiger partial charge in [0.2, 0.25) is 5.91 Å². The van der Waals surface area contributed by atoms with E-state index in [-0.39, 0.29) is 5.91 Å². The van der Waals surface area contributed by atoms with Crippen molar-refractivity contribution in [2.24, 2.45) is 11.7 Å². The van der Waals surface area contributed by atoms with Gasteiger partial charge in [-0.2, -0.15) is 0 Å². The van der Waals surface area contributed by atoms with Crippen LogP contribution in [0, 0.1) is 5.92 Å². The van der Waals surface area contributed by atoms with E-state index in [0.29, 0.717) is 18.9 Å². The fourth-order valence-electron chi connectivity index (χ4n) is 2.52. The van der Waals surface area contributed by atoms with Crippen molar-refractivity contribution in [2.75, 3.05) is 6.54 Å². The second kappa shape index (κ2) is 5.96. The molecule has 1 heterocycles. The maximum atomic E-state index is 12.0. The van der Waals surface area contributed by atoms with Gasteiger partial charge >= 0.3 is 0 Å². The lowest BCUT2D eigenvalue weighted by Crippen LogP contribution is -2.16. The number of nitrogens with two attached hydrogens (primary N) is 1. The molecular formula is C13H21N3O. The first-order valence-electron chi connectivity index (χ1n) is 6.55. The van der Waals surface area contributed by atoms with Gasteiger partial charge in [0.05, 0.1) is 5.69 Å². The smallest absolute Gasteiger partial charge is 0.232 e. The largest absolute Gasteiger partial charge is 0.330 e. The summed E-state index contributed by atoms with van der Waals surface area (Å²) in [6.07, 6.45) is 11.1. The van der Waals surface area contributed by atoms with Crippen molar-refractivity contribution in [3.63, 3.8) is 0 Å². The number of imidazole rings is 1. The Balaban J connectivity index is 1.89. The highest BCUT2D eigenvalue weighted by Gasteiger charge is 2.18. The van der Waals surface area contributed by atoms with Gasteiger partial charge in [0.25, 0.3) is 0 Å². The molecule has 1 aliphatic rings. The maximum absolute atomic E-state index is 12.0. The van der Waals surface area contributed by atoms with Crippen LogP contribution in [0.2, 0.25) is 0 Å². The second-order valence-corrected chi connectivity index (χ2v) is 4.91. The van der Waals surface area contributed by atoms with Crippen LogP contribution in [0.15, 0.2) is 12.5 Å². The van der Waals surface area contributed by atoms with Crippen molar-refractivity contribution in [1.82, 2.24) is 9.55 Å². The quantitative estimate of drug-likeness (QED) is 0.868. The van der Waals surface area contributed by atoms with Crippen molar-refractivity contribution < 1.29 is 4.79 Å². The Bertz CT molecular complexity index is 366. The lowest BCUT2D eigenvalue weighted by Gasteiger charge is -2.20. The van der Waals surface area contributed by atoms with Crippen LogP contribution in [-0.4, -0.2) is 22.0 Å². The van der Waals surface area contributed by atoms with E-state index in [2.05, 4.69) is 4.98 Å². The molecule has 0 aromatic carbocycles.